The van der Waals surface area contributed by atoms with Crippen LogP contribution < -0.4 is 0 Å². The first-order chi connectivity index (χ1) is 4.20. The molecule has 0 saturated carbocycles. The molecule has 0 aliphatic heterocycles. The van der Waals surface area contributed by atoms with Gasteiger partial charge in [0.05, 0.1) is 0 Å². The van der Waals surface area contributed by atoms with Crippen LogP contribution in [0.25, 0.3) is 0 Å². The number of hydrogen-bond donors (Lipinski definition) is 0. The van der Waals surface area contributed by atoms with Crippen molar-refractivity contribution in [3.63, 3.8) is 0 Å². The summed E-state index contributed by atoms with van der Waals surface area (Å²) in [6.07, 6.45) is -0.0556. The summed E-state index contributed by atoms with van der Waals surface area (Å²) in [6, 6.07) is 0. The van der Waals surface area contributed by atoms with Crippen molar-refractivity contribution in [1.82, 2.24) is 0 Å². The molecule has 3 nitrogen and oxygen atoms in total. The average Bonchev–Trinajstić information content (AvgIpc) is 1.87. The van der Waals surface area contributed by atoms with Crippen molar-refractivity contribution in [2.75, 3.05) is 7.11 Å². The first-order valence-corrected chi connectivity index (χ1v) is 4.20. The Hall–Kier alpha value is 0.140. The van der Waals surface area contributed by atoms with Crippen LogP contribution in [0.1, 0.15) is 6.42 Å². The van der Waals surface area contributed by atoms with Gasteiger partial charge in [-0.25, -0.2) is 0 Å². The quantitative estimate of drug-likeness (QED) is 0.305. The molecule has 0 atom stereocenters. The van der Waals surface area contributed by atoms with Crippen molar-refractivity contribution >= 4 is 39.7 Å². The molecule has 0 unspecified atom stereocenters. The van der Waals surface area contributed by atoms with Gasteiger partial charge in [-0.1, -0.05) is 0 Å². The summed E-state index contributed by atoms with van der Waals surface area (Å²) in [5.41, 5.74) is 0. The van der Waals surface area contributed by atoms with Crippen molar-refractivity contribution < 1.29 is 14.3 Å². The number of methoxy groups -OCH3 is 1. The van der Waals surface area contributed by atoms with Crippen LogP contribution in [0.2, 0.25) is 3.67 Å². The van der Waals surface area contributed by atoms with E-state index >= 15 is 0 Å². The standard InChI is InChI=1S/C5H7O3.Na/c1-4(6)3-5(7)8-2;/h1,3H2,2H3;. The van der Waals surface area contributed by atoms with Gasteiger partial charge in [-0.05, 0) is 0 Å². The molecule has 0 aromatic heterocycles. The molecule has 4 heteroatoms. The van der Waals surface area contributed by atoms with Crippen LogP contribution >= 0.6 is 0 Å². The third-order valence-electron chi connectivity index (χ3n) is 0.964. The van der Waals surface area contributed by atoms with E-state index in [9.17, 15) is 9.59 Å². The van der Waals surface area contributed by atoms with Crippen molar-refractivity contribution in [2.45, 2.75) is 10.1 Å². The molecule has 0 radical (unpaired) electrons. The Morgan fingerprint density at radius 2 is 2.11 bits per heavy atom. The van der Waals surface area contributed by atoms with E-state index in [0.29, 0.717) is 3.67 Å². The zero-order valence-corrected chi connectivity index (χ0v) is 7.64. The molecule has 0 heterocycles. The molecule has 0 N–H and O–H groups in total. The number of hydrogen-bond acceptors (Lipinski definition) is 3. The molecule has 0 aromatic carbocycles. The molecule has 9 heavy (non-hydrogen) atoms. The maximum absolute atomic E-state index is 10.5. The Morgan fingerprint density at radius 1 is 1.56 bits per heavy atom. The van der Waals surface area contributed by atoms with Gasteiger partial charge in [-0.15, -0.1) is 0 Å². The van der Waals surface area contributed by atoms with Crippen molar-refractivity contribution in [1.29, 1.82) is 0 Å². The fraction of sp³-hybridized carbons (Fsp3) is 0.600. The summed E-state index contributed by atoms with van der Waals surface area (Å²) in [5.74, 6) is -0.454. The predicted octanol–water partition coefficient (Wildman–Crippen LogP) is -0.295. The first kappa shape index (κ1) is 9.14. The van der Waals surface area contributed by atoms with E-state index in [-0.39, 0.29) is 12.2 Å². The Morgan fingerprint density at radius 3 is 2.44 bits per heavy atom. The maximum atomic E-state index is 10.5. The van der Waals surface area contributed by atoms with Gasteiger partial charge in [-0.2, -0.15) is 0 Å². The van der Waals surface area contributed by atoms with Gasteiger partial charge in [0.1, 0.15) is 0 Å². The van der Waals surface area contributed by atoms with Crippen LogP contribution in [0.15, 0.2) is 0 Å². The van der Waals surface area contributed by atoms with Crippen LogP contribution in [0.3, 0.4) is 0 Å². The Labute approximate surface area is 71.2 Å². The zero-order valence-electron chi connectivity index (χ0n) is 5.64. The molecule has 46 valence electrons. The third-order valence-corrected chi connectivity index (χ3v) is 1.75. The van der Waals surface area contributed by atoms with E-state index in [0.717, 1.165) is 27.9 Å². The number of rotatable bonds is 3. The van der Waals surface area contributed by atoms with E-state index in [1.54, 1.807) is 0 Å². The Bertz CT molecular complexity index is 107. The van der Waals surface area contributed by atoms with Gasteiger partial charge in [-0.3, -0.25) is 0 Å². The molecule has 0 amide bonds. The monoisotopic (exact) mass is 138 g/mol. The van der Waals surface area contributed by atoms with Crippen LogP contribution in [0.5, 0.6) is 0 Å². The van der Waals surface area contributed by atoms with Crippen LogP contribution in [0, 0.1) is 0 Å². The van der Waals surface area contributed by atoms with E-state index < -0.39 is 5.97 Å². The minimum atomic E-state index is -0.434. The Balaban J connectivity index is 3.47. The second kappa shape index (κ2) is 4.97. The van der Waals surface area contributed by atoms with Crippen LogP contribution in [-0.4, -0.2) is 46.8 Å². The number of carbonyl (C=O) groups excluding carboxylic acids is 2. The molecular formula is C5H7NaO3. The fourth-order valence-corrected chi connectivity index (χ4v) is 0.608. The van der Waals surface area contributed by atoms with Gasteiger partial charge >= 0.3 is 71.2 Å². The molecule has 0 spiro atoms. The summed E-state index contributed by atoms with van der Waals surface area (Å²) in [7, 11) is 1.28. The van der Waals surface area contributed by atoms with Crippen molar-refractivity contribution in [2.24, 2.45) is 0 Å². The molecule has 0 bridgehead atoms. The Kier molecular flexibility index (Phi) is 5.04. The van der Waals surface area contributed by atoms with Crippen molar-refractivity contribution in [3.8, 4) is 0 Å². The zero-order chi connectivity index (χ0) is 7.28. The van der Waals surface area contributed by atoms with Crippen LogP contribution in [0.4, 0.5) is 0 Å². The second-order valence-electron chi connectivity index (χ2n) is 1.65. The number of carbonyl (C=O) groups is 2. The summed E-state index contributed by atoms with van der Waals surface area (Å²) >= 11 is 0.824. The number of esters is 1. The van der Waals surface area contributed by atoms with Crippen LogP contribution in [-0.2, 0) is 14.3 Å². The number of ketones is 1. The molecule has 0 fully saturated rings. The second-order valence-corrected chi connectivity index (χ2v) is 2.35. The normalized spacial score (nSPS) is 8.78. The number of ether oxygens (including phenoxy) is 1. The summed E-state index contributed by atoms with van der Waals surface area (Å²) in [6.45, 7) is 0. The van der Waals surface area contributed by atoms with Gasteiger partial charge in [0.15, 0.2) is 0 Å². The first-order valence-electron chi connectivity index (χ1n) is 2.79. The molecular weight excluding hydrogens is 131 g/mol. The van der Waals surface area contributed by atoms with Gasteiger partial charge in [0.2, 0.25) is 0 Å². The average molecular weight is 138 g/mol. The van der Waals surface area contributed by atoms with E-state index in [1.807, 2.05) is 0 Å². The SMILES string of the molecule is COC(=O)CC(=O)[CH2][Na]. The molecule has 0 aliphatic rings. The molecule has 0 rings (SSSR count). The topological polar surface area (TPSA) is 43.4 Å². The molecule has 0 saturated heterocycles. The van der Waals surface area contributed by atoms with Gasteiger partial charge < -0.3 is 0 Å². The third kappa shape index (κ3) is 4.63. The van der Waals surface area contributed by atoms with E-state index in [2.05, 4.69) is 4.74 Å². The van der Waals surface area contributed by atoms with E-state index in [4.69, 9.17) is 0 Å². The molecule has 0 aliphatic carbocycles. The van der Waals surface area contributed by atoms with Gasteiger partial charge in [0, 0.05) is 0 Å². The fourth-order valence-electron chi connectivity index (χ4n) is 0.358. The van der Waals surface area contributed by atoms with Crippen molar-refractivity contribution in [3.05, 3.63) is 0 Å². The molecule has 0 aromatic rings. The summed E-state index contributed by atoms with van der Waals surface area (Å²) in [4.78, 5) is 20.9. The predicted molar refractivity (Wildman–Crippen MR) is 32.2 cm³/mol. The van der Waals surface area contributed by atoms with E-state index in [1.165, 1.54) is 7.11 Å². The van der Waals surface area contributed by atoms with Gasteiger partial charge in [0.25, 0.3) is 0 Å². The summed E-state index contributed by atoms with van der Waals surface area (Å²) < 4.78 is 4.82. The number of Topliss-reactive ketones (excluding diaryl/α,β-unsaturated/α-hetero) is 1. The minimum absolute atomic E-state index is 0.0199. The summed E-state index contributed by atoms with van der Waals surface area (Å²) in [5, 5.41) is 0.